The van der Waals surface area contributed by atoms with Crippen LogP contribution in [-0.2, 0) is 19.2 Å². The second-order valence-corrected chi connectivity index (χ2v) is 9.05. The van der Waals surface area contributed by atoms with Gasteiger partial charge in [0.15, 0.2) is 6.29 Å². The zero-order valence-electron chi connectivity index (χ0n) is 20.7. The zero-order valence-corrected chi connectivity index (χ0v) is 20.7. The van der Waals surface area contributed by atoms with Crippen LogP contribution in [0.1, 0.15) is 142 Å². The fourth-order valence-electron chi connectivity index (χ4n) is 3.84. The molecule has 0 fully saturated rings. The van der Waals surface area contributed by atoms with E-state index < -0.39 is 11.6 Å². The number of Topliss-reactive ketones (excluding diaryl/α,β-unsaturated/α-hetero) is 3. The highest BCUT2D eigenvalue weighted by atomic mass is 16.2. The molecule has 0 aromatic carbocycles. The van der Waals surface area contributed by atoms with Crippen molar-refractivity contribution in [1.29, 1.82) is 0 Å². The highest BCUT2D eigenvalue weighted by Crippen LogP contribution is 2.12. The Kier molecular flexibility index (Phi) is 22.9. The van der Waals surface area contributed by atoms with Gasteiger partial charge in [0.25, 0.3) is 5.78 Å². The molecule has 184 valence electrons. The summed E-state index contributed by atoms with van der Waals surface area (Å²) in [6.45, 7) is 2.26. The molecule has 4 nitrogen and oxygen atoms in total. The van der Waals surface area contributed by atoms with E-state index in [9.17, 15) is 19.2 Å². The Morgan fingerprint density at radius 2 is 0.938 bits per heavy atom. The normalized spacial score (nSPS) is 11.2. The molecule has 0 spiro atoms. The van der Waals surface area contributed by atoms with Gasteiger partial charge in [0.1, 0.15) is 5.78 Å². The molecule has 0 amide bonds. The summed E-state index contributed by atoms with van der Waals surface area (Å²) < 4.78 is 0. The molecule has 0 saturated heterocycles. The molecule has 4 heteroatoms. The minimum atomic E-state index is -0.935. The first-order valence-corrected chi connectivity index (χ1v) is 13.3. The SMILES string of the molecule is CCCCCCCCCC=CCCCCCCCC(=O)CCCCCCC(=O)C(=O)C=O. The maximum absolute atomic E-state index is 11.9. The van der Waals surface area contributed by atoms with Crippen LogP contribution in [0.25, 0.3) is 0 Å². The molecule has 32 heavy (non-hydrogen) atoms. The van der Waals surface area contributed by atoms with Gasteiger partial charge >= 0.3 is 0 Å². The molecule has 0 aromatic heterocycles. The van der Waals surface area contributed by atoms with Crippen molar-refractivity contribution in [3.8, 4) is 0 Å². The van der Waals surface area contributed by atoms with Gasteiger partial charge in [-0.05, 0) is 44.9 Å². The van der Waals surface area contributed by atoms with Crippen LogP contribution < -0.4 is 0 Å². The monoisotopic (exact) mass is 448 g/mol. The number of rotatable bonds is 25. The van der Waals surface area contributed by atoms with Crippen molar-refractivity contribution in [3.63, 3.8) is 0 Å². The molecule has 0 unspecified atom stereocenters. The molecular formula is C28H48O4. The number of hydrogen-bond donors (Lipinski definition) is 0. The van der Waals surface area contributed by atoms with Gasteiger partial charge in [-0.1, -0.05) is 89.7 Å². The molecule has 0 aliphatic rings. The summed E-state index contributed by atoms with van der Waals surface area (Å²) in [5.74, 6) is -1.20. The lowest BCUT2D eigenvalue weighted by Crippen LogP contribution is -2.14. The summed E-state index contributed by atoms with van der Waals surface area (Å²) in [4.78, 5) is 44.2. The standard InChI is InChI=1S/C28H48O4/c1-2-3-4-5-6-7-8-9-10-11-12-13-14-15-16-19-22-26(30)23-20-17-18-21-24-27(31)28(32)25-29/h10-11,25H,2-9,12-24H2,1H3. The lowest BCUT2D eigenvalue weighted by molar-refractivity contribution is -0.140. The molecule has 0 heterocycles. The highest BCUT2D eigenvalue weighted by Gasteiger charge is 2.11. The van der Waals surface area contributed by atoms with Crippen LogP contribution in [0.3, 0.4) is 0 Å². The number of unbranched alkanes of at least 4 members (excludes halogenated alkanes) is 15. The number of carbonyl (C=O) groups is 4. The average molecular weight is 449 g/mol. The van der Waals surface area contributed by atoms with Gasteiger partial charge in [0, 0.05) is 19.3 Å². The first-order chi connectivity index (χ1) is 15.6. The minimum absolute atomic E-state index is 0.0801. The summed E-state index contributed by atoms with van der Waals surface area (Å²) in [6, 6.07) is 0. The third kappa shape index (κ3) is 21.6. The van der Waals surface area contributed by atoms with E-state index in [0.717, 1.165) is 32.1 Å². The highest BCUT2D eigenvalue weighted by molar-refractivity contribution is 6.57. The predicted octanol–water partition coefficient (Wildman–Crippen LogP) is 7.66. The van der Waals surface area contributed by atoms with E-state index in [0.29, 0.717) is 25.0 Å². The Morgan fingerprint density at radius 1 is 0.531 bits per heavy atom. The van der Waals surface area contributed by atoms with Crippen molar-refractivity contribution in [2.45, 2.75) is 142 Å². The third-order valence-corrected chi connectivity index (χ3v) is 5.96. The molecule has 0 rings (SSSR count). The lowest BCUT2D eigenvalue weighted by atomic mass is 10.0. The third-order valence-electron chi connectivity index (χ3n) is 5.96. The molecular weight excluding hydrogens is 400 g/mol. The van der Waals surface area contributed by atoms with Gasteiger partial charge in [-0.3, -0.25) is 19.2 Å². The van der Waals surface area contributed by atoms with Gasteiger partial charge in [-0.15, -0.1) is 0 Å². The predicted molar refractivity (Wildman–Crippen MR) is 133 cm³/mol. The fraction of sp³-hybridized carbons (Fsp3) is 0.786. The van der Waals surface area contributed by atoms with Gasteiger partial charge < -0.3 is 0 Å². The second-order valence-electron chi connectivity index (χ2n) is 9.05. The summed E-state index contributed by atoms with van der Waals surface area (Å²) in [6.07, 6.45) is 27.3. The summed E-state index contributed by atoms with van der Waals surface area (Å²) in [5, 5.41) is 0. The fourth-order valence-corrected chi connectivity index (χ4v) is 3.84. The van der Waals surface area contributed by atoms with Crippen molar-refractivity contribution in [3.05, 3.63) is 12.2 Å². The Bertz CT molecular complexity index is 522. The van der Waals surface area contributed by atoms with Crippen LogP contribution in [-0.4, -0.2) is 23.6 Å². The molecule has 0 aliphatic heterocycles. The number of hydrogen-bond acceptors (Lipinski definition) is 4. The smallest absolute Gasteiger partial charge is 0.260 e. The quantitative estimate of drug-likeness (QED) is 0.0472. The van der Waals surface area contributed by atoms with Crippen LogP contribution in [0.4, 0.5) is 0 Å². The summed E-state index contributed by atoms with van der Waals surface area (Å²) in [5.41, 5.74) is 0. The molecule has 0 saturated carbocycles. The van der Waals surface area contributed by atoms with E-state index in [1.807, 2.05) is 0 Å². The van der Waals surface area contributed by atoms with E-state index >= 15 is 0 Å². The van der Waals surface area contributed by atoms with Crippen LogP contribution in [0, 0.1) is 0 Å². The van der Waals surface area contributed by atoms with Crippen LogP contribution >= 0.6 is 0 Å². The molecule has 0 N–H and O–H groups in total. The van der Waals surface area contributed by atoms with Gasteiger partial charge in [0.2, 0.25) is 5.78 Å². The molecule has 0 aromatic rings. The van der Waals surface area contributed by atoms with E-state index in [1.54, 1.807) is 0 Å². The van der Waals surface area contributed by atoms with Crippen LogP contribution in [0.15, 0.2) is 12.2 Å². The number of carbonyl (C=O) groups excluding carboxylic acids is 4. The van der Waals surface area contributed by atoms with Crippen molar-refractivity contribution in [2.75, 3.05) is 0 Å². The van der Waals surface area contributed by atoms with Crippen molar-refractivity contribution in [1.82, 2.24) is 0 Å². The molecule has 0 radical (unpaired) electrons. The van der Waals surface area contributed by atoms with Gasteiger partial charge in [0.05, 0.1) is 0 Å². The Balaban J connectivity index is 3.31. The van der Waals surface area contributed by atoms with Crippen LogP contribution in [0.5, 0.6) is 0 Å². The first-order valence-electron chi connectivity index (χ1n) is 13.3. The summed E-state index contributed by atoms with van der Waals surface area (Å²) >= 11 is 0. The average Bonchev–Trinajstić information content (AvgIpc) is 2.80. The Morgan fingerprint density at radius 3 is 1.41 bits per heavy atom. The zero-order chi connectivity index (χ0) is 23.7. The number of ketones is 3. The van der Waals surface area contributed by atoms with Crippen molar-refractivity contribution >= 4 is 23.6 Å². The molecule has 0 aliphatic carbocycles. The maximum Gasteiger partial charge on any atom is 0.260 e. The largest absolute Gasteiger partial charge is 0.300 e. The van der Waals surface area contributed by atoms with Crippen molar-refractivity contribution in [2.24, 2.45) is 0 Å². The van der Waals surface area contributed by atoms with E-state index in [1.165, 1.54) is 77.0 Å². The molecule has 0 bridgehead atoms. The maximum atomic E-state index is 11.9. The minimum Gasteiger partial charge on any atom is -0.300 e. The lowest BCUT2D eigenvalue weighted by Gasteiger charge is -2.02. The van der Waals surface area contributed by atoms with Crippen molar-refractivity contribution < 1.29 is 19.2 Å². The molecule has 0 atom stereocenters. The van der Waals surface area contributed by atoms with Gasteiger partial charge in [-0.25, -0.2) is 0 Å². The van der Waals surface area contributed by atoms with Gasteiger partial charge in [-0.2, -0.15) is 0 Å². The Labute approximate surface area is 197 Å². The van der Waals surface area contributed by atoms with E-state index in [4.69, 9.17) is 0 Å². The van der Waals surface area contributed by atoms with E-state index in [-0.39, 0.29) is 12.7 Å². The number of aldehydes is 1. The number of allylic oxidation sites excluding steroid dienone is 2. The Hall–Kier alpha value is -1.58. The topological polar surface area (TPSA) is 68.3 Å². The first kappa shape index (κ1) is 30.4. The second kappa shape index (κ2) is 24.1. The van der Waals surface area contributed by atoms with Crippen LogP contribution in [0.2, 0.25) is 0 Å². The van der Waals surface area contributed by atoms with E-state index in [2.05, 4.69) is 19.1 Å². The summed E-state index contributed by atoms with van der Waals surface area (Å²) in [7, 11) is 0.